The first-order valence-electron chi connectivity index (χ1n) is 12.9. The Morgan fingerprint density at radius 1 is 1.05 bits per heavy atom. The molecule has 13 heteroatoms. The van der Waals surface area contributed by atoms with Crippen molar-refractivity contribution >= 4 is 28.5 Å². The molecule has 0 saturated heterocycles. The summed E-state index contributed by atoms with van der Waals surface area (Å²) in [6.07, 6.45) is -5.23. The third kappa shape index (κ3) is 8.54. The summed E-state index contributed by atoms with van der Waals surface area (Å²) in [5.74, 6) is -1.80. The van der Waals surface area contributed by atoms with Crippen LogP contribution in [0.25, 0.3) is 10.9 Å². The number of amides is 2. The lowest BCUT2D eigenvalue weighted by atomic mass is 9.94. The fraction of sp³-hybridized carbons (Fsp3) is 0.357. The number of para-hydroxylation sites is 1. The van der Waals surface area contributed by atoms with Crippen molar-refractivity contribution in [3.05, 3.63) is 77.5 Å². The van der Waals surface area contributed by atoms with E-state index in [0.717, 1.165) is 29.7 Å². The molecule has 10 nitrogen and oxygen atoms in total. The summed E-state index contributed by atoms with van der Waals surface area (Å²) in [7, 11) is 0. The minimum absolute atomic E-state index is 0.0163. The molecule has 0 fully saturated rings. The highest BCUT2D eigenvalue weighted by atomic mass is 19.4. The van der Waals surface area contributed by atoms with E-state index < -0.39 is 41.6 Å². The molecule has 0 radical (unpaired) electrons. The maximum absolute atomic E-state index is 13.4. The minimum atomic E-state index is -4.59. The number of nitrogens with zero attached hydrogens (tertiary/aromatic N) is 2. The predicted molar refractivity (Wildman–Crippen MR) is 146 cm³/mol. The number of aliphatic hydroxyl groups is 1. The smallest absolute Gasteiger partial charge is 0.386 e. The molecule has 0 aliphatic carbocycles. The molecular formula is C28H33F3N6O4. The first-order chi connectivity index (χ1) is 19.4. The highest BCUT2D eigenvalue weighted by Gasteiger charge is 2.33. The van der Waals surface area contributed by atoms with E-state index in [4.69, 9.17) is 17.2 Å². The lowest BCUT2D eigenvalue weighted by Crippen LogP contribution is -2.51. The van der Waals surface area contributed by atoms with Crippen molar-refractivity contribution in [3.63, 3.8) is 0 Å². The van der Waals surface area contributed by atoms with Crippen LogP contribution in [0.3, 0.4) is 0 Å². The Kier molecular flexibility index (Phi) is 10.9. The van der Waals surface area contributed by atoms with Crippen LogP contribution in [0.4, 0.5) is 13.2 Å². The Morgan fingerprint density at radius 2 is 1.73 bits per heavy atom. The van der Waals surface area contributed by atoms with Gasteiger partial charge in [0.25, 0.3) is 0 Å². The SMILES string of the molecule is NCCN(CN)C(=O)CC[C@H](N)C(=O)N[C@H](C(=O)Cc1cnc2ccccc2c1)[C@H](O)c1ccc(C(F)(F)F)cc1. The normalized spacial score (nSPS) is 13.8. The molecule has 0 aliphatic heterocycles. The highest BCUT2D eigenvalue weighted by Crippen LogP contribution is 2.30. The van der Waals surface area contributed by atoms with Gasteiger partial charge in [0, 0.05) is 37.5 Å². The van der Waals surface area contributed by atoms with Crippen LogP contribution in [-0.4, -0.2) is 64.4 Å². The van der Waals surface area contributed by atoms with Gasteiger partial charge in [-0.2, -0.15) is 13.2 Å². The lowest BCUT2D eigenvalue weighted by Gasteiger charge is -2.26. The van der Waals surface area contributed by atoms with Gasteiger partial charge in [0.2, 0.25) is 11.8 Å². The number of nitrogens with two attached hydrogens (primary N) is 3. The number of halogens is 3. The van der Waals surface area contributed by atoms with Crippen LogP contribution in [0.5, 0.6) is 0 Å². The van der Waals surface area contributed by atoms with Crippen LogP contribution in [0.15, 0.2) is 60.8 Å². The van der Waals surface area contributed by atoms with Crippen LogP contribution in [0.2, 0.25) is 0 Å². The molecule has 0 aliphatic rings. The zero-order valence-electron chi connectivity index (χ0n) is 22.2. The maximum atomic E-state index is 13.4. The molecule has 3 rings (SSSR count). The maximum Gasteiger partial charge on any atom is 0.416 e. The van der Waals surface area contributed by atoms with E-state index in [1.165, 1.54) is 11.1 Å². The summed E-state index contributed by atoms with van der Waals surface area (Å²) in [5, 5.41) is 14.3. The number of benzene rings is 2. The number of Topliss-reactive ketones (excluding diaryl/α,β-unsaturated/α-hetero) is 1. The molecular weight excluding hydrogens is 541 g/mol. The first-order valence-corrected chi connectivity index (χ1v) is 12.9. The van der Waals surface area contributed by atoms with E-state index >= 15 is 0 Å². The van der Waals surface area contributed by atoms with Crippen molar-refractivity contribution in [2.45, 2.75) is 43.6 Å². The minimum Gasteiger partial charge on any atom is -0.386 e. The quantitative estimate of drug-likeness (QED) is 0.190. The van der Waals surface area contributed by atoms with Crippen LogP contribution in [0, 0.1) is 0 Å². The van der Waals surface area contributed by atoms with Crippen LogP contribution in [0.1, 0.15) is 35.6 Å². The number of aromatic nitrogens is 1. The Morgan fingerprint density at radius 3 is 2.37 bits per heavy atom. The average Bonchev–Trinajstić information content (AvgIpc) is 2.96. The predicted octanol–water partition coefficient (Wildman–Crippen LogP) is 1.39. The molecule has 2 aromatic carbocycles. The van der Waals surface area contributed by atoms with Gasteiger partial charge in [0.1, 0.15) is 12.1 Å². The van der Waals surface area contributed by atoms with E-state index in [2.05, 4.69) is 10.3 Å². The summed E-state index contributed by atoms with van der Waals surface area (Å²) in [4.78, 5) is 44.3. The molecule has 41 heavy (non-hydrogen) atoms. The zero-order chi connectivity index (χ0) is 30.2. The molecule has 1 heterocycles. The Balaban J connectivity index is 1.79. The number of fused-ring (bicyclic) bond motifs is 1. The van der Waals surface area contributed by atoms with Crippen molar-refractivity contribution in [3.8, 4) is 0 Å². The van der Waals surface area contributed by atoms with E-state index in [-0.39, 0.29) is 50.5 Å². The number of aliphatic hydroxyl groups excluding tert-OH is 1. The van der Waals surface area contributed by atoms with Crippen LogP contribution in [-0.2, 0) is 27.0 Å². The number of alkyl halides is 3. The van der Waals surface area contributed by atoms with Crippen LogP contribution >= 0.6 is 0 Å². The number of nitrogens with one attached hydrogen (secondary N) is 1. The van der Waals surface area contributed by atoms with Crippen molar-refractivity contribution in [2.75, 3.05) is 19.8 Å². The third-order valence-electron chi connectivity index (χ3n) is 6.54. The summed E-state index contributed by atoms with van der Waals surface area (Å²) in [5.41, 5.74) is 17.3. The molecule has 3 aromatic rings. The average molecular weight is 575 g/mol. The number of carbonyl (C=O) groups excluding carboxylic acids is 3. The van der Waals surface area contributed by atoms with Gasteiger partial charge >= 0.3 is 6.18 Å². The van der Waals surface area contributed by atoms with E-state index in [1.54, 1.807) is 12.1 Å². The fourth-order valence-electron chi connectivity index (χ4n) is 4.22. The molecule has 1 aromatic heterocycles. The summed E-state index contributed by atoms with van der Waals surface area (Å²) in [6.45, 7) is 0.376. The van der Waals surface area contributed by atoms with E-state index in [0.29, 0.717) is 11.1 Å². The van der Waals surface area contributed by atoms with E-state index in [1.807, 2.05) is 18.2 Å². The molecule has 3 atom stereocenters. The second-order valence-electron chi connectivity index (χ2n) is 9.50. The summed E-state index contributed by atoms with van der Waals surface area (Å²) in [6, 6.07) is 9.82. The topological polar surface area (TPSA) is 178 Å². The molecule has 220 valence electrons. The molecule has 2 amide bonds. The van der Waals surface area contributed by atoms with Gasteiger partial charge in [0.15, 0.2) is 5.78 Å². The molecule has 0 saturated carbocycles. The summed E-state index contributed by atoms with van der Waals surface area (Å²) >= 11 is 0. The van der Waals surface area contributed by atoms with Gasteiger partial charge in [0.05, 0.1) is 23.8 Å². The number of carbonyl (C=O) groups is 3. The first kappa shape index (κ1) is 31.6. The number of hydrogen-bond donors (Lipinski definition) is 5. The van der Waals surface area contributed by atoms with Gasteiger partial charge < -0.3 is 32.5 Å². The van der Waals surface area contributed by atoms with Gasteiger partial charge in [-0.1, -0.05) is 30.3 Å². The second kappa shape index (κ2) is 14.1. The standard InChI is InChI=1S/C28H33F3N6O4/c29-28(30,31)20-7-5-18(6-8-20)26(40)25(23(38)14-17-13-19-3-1-2-4-22(19)35-15-17)36-27(41)21(34)9-10-24(39)37(16-33)12-11-32/h1-8,13,15,21,25-26,40H,9-12,14,16,32-34H2,(H,36,41)/t21-,25+,26+/m0/s1. The molecule has 0 bridgehead atoms. The second-order valence-corrected chi connectivity index (χ2v) is 9.50. The van der Waals surface area contributed by atoms with Crippen LogP contribution < -0.4 is 22.5 Å². The van der Waals surface area contributed by atoms with Gasteiger partial charge in [-0.15, -0.1) is 0 Å². The number of pyridine rings is 1. The van der Waals surface area contributed by atoms with Gasteiger partial charge in [-0.05, 0) is 41.8 Å². The van der Waals surface area contributed by atoms with Gasteiger partial charge in [-0.3, -0.25) is 19.4 Å². The highest BCUT2D eigenvalue weighted by molar-refractivity contribution is 5.93. The zero-order valence-corrected chi connectivity index (χ0v) is 22.2. The van der Waals surface area contributed by atoms with Crippen molar-refractivity contribution in [1.29, 1.82) is 0 Å². The Labute approximate surface area is 234 Å². The van der Waals surface area contributed by atoms with Crippen molar-refractivity contribution in [1.82, 2.24) is 15.2 Å². The lowest BCUT2D eigenvalue weighted by molar-refractivity contribution is -0.137. The van der Waals surface area contributed by atoms with Gasteiger partial charge in [-0.25, -0.2) is 0 Å². The molecule has 0 unspecified atom stereocenters. The Hall–Kier alpha value is -3.91. The fourth-order valence-corrected chi connectivity index (χ4v) is 4.22. The Bertz CT molecular complexity index is 1350. The van der Waals surface area contributed by atoms with Crippen molar-refractivity contribution in [2.24, 2.45) is 17.2 Å². The number of ketones is 1. The van der Waals surface area contributed by atoms with E-state index in [9.17, 15) is 32.7 Å². The van der Waals surface area contributed by atoms with Crippen molar-refractivity contribution < 1.29 is 32.7 Å². The molecule has 0 spiro atoms. The monoisotopic (exact) mass is 574 g/mol. The number of rotatable bonds is 13. The summed E-state index contributed by atoms with van der Waals surface area (Å²) < 4.78 is 39.1. The largest absolute Gasteiger partial charge is 0.416 e. The third-order valence-corrected chi connectivity index (χ3v) is 6.54. The molecule has 8 N–H and O–H groups in total. The number of hydrogen-bond acceptors (Lipinski definition) is 8.